The summed E-state index contributed by atoms with van der Waals surface area (Å²) in [5.41, 5.74) is 4.80. The van der Waals surface area contributed by atoms with Gasteiger partial charge in [-0.25, -0.2) is 4.98 Å². The van der Waals surface area contributed by atoms with E-state index in [2.05, 4.69) is 18.2 Å². The van der Waals surface area contributed by atoms with E-state index in [-0.39, 0.29) is 0 Å². The van der Waals surface area contributed by atoms with Crippen LogP contribution in [0.3, 0.4) is 0 Å². The summed E-state index contributed by atoms with van der Waals surface area (Å²) in [6.45, 7) is 0. The van der Waals surface area contributed by atoms with Crippen molar-refractivity contribution in [3.05, 3.63) is 102 Å². The minimum atomic E-state index is 0.313. The van der Waals surface area contributed by atoms with Gasteiger partial charge in [0.2, 0.25) is 0 Å². The fourth-order valence-corrected chi connectivity index (χ4v) is 3.45. The third kappa shape index (κ3) is 3.29. The molecule has 0 aliphatic carbocycles. The van der Waals surface area contributed by atoms with E-state index < -0.39 is 0 Å². The number of aromatic nitrogens is 1. The summed E-state index contributed by atoms with van der Waals surface area (Å²) in [5, 5.41) is 29.5. The normalized spacial score (nSPS) is 9.90. The van der Waals surface area contributed by atoms with Gasteiger partial charge in [-0.2, -0.15) is 15.8 Å². The summed E-state index contributed by atoms with van der Waals surface area (Å²) in [6, 6.07) is 32.5. The van der Waals surface area contributed by atoms with Gasteiger partial charge >= 0.3 is 0 Å². The van der Waals surface area contributed by atoms with Gasteiger partial charge in [0.05, 0.1) is 34.1 Å². The van der Waals surface area contributed by atoms with Crippen LogP contribution in [0.25, 0.3) is 33.6 Å². The van der Waals surface area contributed by atoms with Gasteiger partial charge < -0.3 is 0 Å². The van der Waals surface area contributed by atoms with Crippen molar-refractivity contribution in [2.45, 2.75) is 0 Å². The molecule has 0 fully saturated rings. The highest BCUT2D eigenvalue weighted by Crippen LogP contribution is 2.38. The van der Waals surface area contributed by atoms with E-state index in [0.29, 0.717) is 39.2 Å². The molecule has 3 aromatic carbocycles. The van der Waals surface area contributed by atoms with Gasteiger partial charge in [0.25, 0.3) is 0 Å². The second kappa shape index (κ2) is 8.11. The number of rotatable bonds is 3. The molecule has 0 N–H and O–H groups in total. The van der Waals surface area contributed by atoms with Crippen molar-refractivity contribution in [1.29, 1.82) is 15.8 Å². The van der Waals surface area contributed by atoms with Gasteiger partial charge in [0, 0.05) is 16.7 Å². The molecule has 0 saturated carbocycles. The maximum Gasteiger partial charge on any atom is 0.102 e. The Morgan fingerprint density at radius 1 is 0.533 bits per heavy atom. The molecular weight excluding hydrogens is 368 g/mol. The number of pyridine rings is 1. The van der Waals surface area contributed by atoms with Crippen LogP contribution in [0.1, 0.15) is 16.7 Å². The molecular formula is C26H14N4. The van der Waals surface area contributed by atoms with Crippen LogP contribution in [0.2, 0.25) is 0 Å². The minimum absolute atomic E-state index is 0.313. The van der Waals surface area contributed by atoms with Crippen molar-refractivity contribution in [1.82, 2.24) is 4.98 Å². The van der Waals surface area contributed by atoms with Gasteiger partial charge in [-0.3, -0.25) is 0 Å². The molecule has 4 nitrogen and oxygen atoms in total. The molecule has 0 aliphatic rings. The van der Waals surface area contributed by atoms with Gasteiger partial charge in [-0.05, 0) is 17.7 Å². The van der Waals surface area contributed by atoms with Gasteiger partial charge in [-0.15, -0.1) is 0 Å². The molecule has 0 saturated heterocycles. The van der Waals surface area contributed by atoms with Gasteiger partial charge in [0.15, 0.2) is 0 Å². The lowest BCUT2D eigenvalue weighted by molar-refractivity contribution is 1.28. The number of nitriles is 3. The smallest absolute Gasteiger partial charge is 0.102 e. The Kier molecular flexibility index (Phi) is 5.04. The van der Waals surface area contributed by atoms with Crippen molar-refractivity contribution in [3.63, 3.8) is 0 Å². The number of hydrogen-bond donors (Lipinski definition) is 0. The highest BCUT2D eigenvalue weighted by Gasteiger charge is 2.23. The van der Waals surface area contributed by atoms with Gasteiger partial charge in [0.1, 0.15) is 12.1 Å². The highest BCUT2D eigenvalue weighted by molar-refractivity contribution is 5.89. The first kappa shape index (κ1) is 18.6. The second-order valence-corrected chi connectivity index (χ2v) is 6.58. The van der Waals surface area contributed by atoms with E-state index in [1.807, 2.05) is 60.7 Å². The predicted octanol–water partition coefficient (Wildman–Crippen LogP) is 5.70. The monoisotopic (exact) mass is 382 g/mol. The zero-order valence-corrected chi connectivity index (χ0v) is 15.9. The molecule has 4 rings (SSSR count). The lowest BCUT2D eigenvalue weighted by Crippen LogP contribution is -2.02. The number of hydrogen-bond acceptors (Lipinski definition) is 4. The topological polar surface area (TPSA) is 84.3 Å². The van der Waals surface area contributed by atoms with Crippen LogP contribution in [-0.2, 0) is 0 Å². The second-order valence-electron chi connectivity index (χ2n) is 6.58. The SMILES string of the molecule is N#Cc1cccc(-c2c(C#N)c(-c3ccccc3)nc(-c3ccccc3)c2C#N)c1. The molecule has 0 aliphatic heterocycles. The van der Waals surface area contributed by atoms with Crippen LogP contribution in [0.4, 0.5) is 0 Å². The van der Waals surface area contributed by atoms with Crippen LogP contribution >= 0.6 is 0 Å². The highest BCUT2D eigenvalue weighted by atomic mass is 14.7. The quantitative estimate of drug-likeness (QED) is 0.455. The Labute approximate surface area is 174 Å². The molecule has 1 aromatic heterocycles. The fourth-order valence-electron chi connectivity index (χ4n) is 3.45. The predicted molar refractivity (Wildman–Crippen MR) is 115 cm³/mol. The Morgan fingerprint density at radius 3 is 1.50 bits per heavy atom. The summed E-state index contributed by atoms with van der Waals surface area (Å²) >= 11 is 0. The van der Waals surface area contributed by atoms with E-state index in [1.54, 1.807) is 24.3 Å². The van der Waals surface area contributed by atoms with Gasteiger partial charge in [-0.1, -0.05) is 72.8 Å². The van der Waals surface area contributed by atoms with Crippen molar-refractivity contribution in [3.8, 4) is 51.8 Å². The third-order valence-electron chi connectivity index (χ3n) is 4.80. The van der Waals surface area contributed by atoms with Crippen LogP contribution in [0, 0.1) is 34.0 Å². The largest absolute Gasteiger partial charge is 0.245 e. The molecule has 138 valence electrons. The standard InChI is InChI=1S/C26H14N4/c27-15-18-8-7-13-21(14-18)24-22(16-28)25(19-9-3-1-4-10-19)30-26(23(24)17-29)20-11-5-2-6-12-20/h1-14H. The number of benzene rings is 3. The zero-order valence-electron chi connectivity index (χ0n) is 15.9. The fraction of sp³-hybridized carbons (Fsp3) is 0. The van der Waals surface area contributed by atoms with E-state index in [1.165, 1.54) is 0 Å². The Morgan fingerprint density at radius 2 is 1.03 bits per heavy atom. The molecule has 0 atom stereocenters. The average Bonchev–Trinajstić information content (AvgIpc) is 2.83. The van der Waals surface area contributed by atoms with Crippen LogP contribution in [0.15, 0.2) is 84.9 Å². The maximum atomic E-state index is 10.1. The summed E-state index contributed by atoms with van der Waals surface area (Å²) in [7, 11) is 0. The zero-order chi connectivity index (χ0) is 20.9. The van der Waals surface area contributed by atoms with Crippen molar-refractivity contribution >= 4 is 0 Å². The summed E-state index contributed by atoms with van der Waals surface area (Å²) in [6.07, 6.45) is 0. The van der Waals surface area contributed by atoms with Crippen molar-refractivity contribution < 1.29 is 0 Å². The Balaban J connectivity index is 2.16. The van der Waals surface area contributed by atoms with Crippen LogP contribution in [-0.4, -0.2) is 4.98 Å². The molecule has 30 heavy (non-hydrogen) atoms. The summed E-state index contributed by atoms with van der Waals surface area (Å²) in [4.78, 5) is 4.77. The molecule has 0 amide bonds. The van der Waals surface area contributed by atoms with E-state index >= 15 is 0 Å². The van der Waals surface area contributed by atoms with Crippen LogP contribution < -0.4 is 0 Å². The minimum Gasteiger partial charge on any atom is -0.245 e. The lowest BCUT2D eigenvalue weighted by Gasteiger charge is -2.16. The number of nitrogens with zero attached hydrogens (tertiary/aromatic N) is 4. The summed E-state index contributed by atoms with van der Waals surface area (Å²) in [5.74, 6) is 0. The van der Waals surface area contributed by atoms with Crippen molar-refractivity contribution in [2.75, 3.05) is 0 Å². The Bertz CT molecular complexity index is 1280. The first-order chi connectivity index (χ1) is 14.8. The molecule has 0 bridgehead atoms. The van der Waals surface area contributed by atoms with Crippen molar-refractivity contribution in [2.24, 2.45) is 0 Å². The molecule has 4 aromatic rings. The van der Waals surface area contributed by atoms with Crippen LogP contribution in [0.5, 0.6) is 0 Å². The molecule has 1 heterocycles. The molecule has 4 heteroatoms. The van der Waals surface area contributed by atoms with E-state index in [9.17, 15) is 15.8 Å². The first-order valence-electron chi connectivity index (χ1n) is 9.26. The lowest BCUT2D eigenvalue weighted by atomic mass is 9.89. The van der Waals surface area contributed by atoms with E-state index in [0.717, 1.165) is 11.1 Å². The molecule has 0 radical (unpaired) electrons. The van der Waals surface area contributed by atoms with E-state index in [4.69, 9.17) is 4.98 Å². The molecule has 0 unspecified atom stereocenters. The maximum absolute atomic E-state index is 10.1. The Hall–Kier alpha value is -4.72. The third-order valence-corrected chi connectivity index (χ3v) is 4.80. The summed E-state index contributed by atoms with van der Waals surface area (Å²) < 4.78 is 0. The first-order valence-corrected chi connectivity index (χ1v) is 9.26. The molecule has 0 spiro atoms. The average molecular weight is 382 g/mol.